The summed E-state index contributed by atoms with van der Waals surface area (Å²) in [5.74, 6) is -2.07. The molecular weight excluding hydrogens is 412 g/mol. The minimum Gasteiger partial charge on any atom is -0.452 e. The highest BCUT2D eigenvalue weighted by atomic mass is 16.5. The lowest BCUT2D eigenvalue weighted by Crippen LogP contribution is -2.36. The van der Waals surface area contributed by atoms with Gasteiger partial charge in [0.1, 0.15) is 0 Å². The van der Waals surface area contributed by atoms with Gasteiger partial charge in [-0.1, -0.05) is 12.1 Å². The van der Waals surface area contributed by atoms with Crippen molar-refractivity contribution in [1.82, 2.24) is 4.90 Å². The Morgan fingerprint density at radius 2 is 1.88 bits per heavy atom. The summed E-state index contributed by atoms with van der Waals surface area (Å²) < 4.78 is 10.6. The van der Waals surface area contributed by atoms with Crippen molar-refractivity contribution < 1.29 is 28.7 Å². The molecule has 1 unspecified atom stereocenters. The molecule has 0 bridgehead atoms. The molecule has 2 aromatic rings. The molecule has 1 saturated heterocycles. The number of hydrogen-bond acceptors (Lipinski definition) is 6. The average molecular weight is 436 g/mol. The number of esters is 1. The lowest BCUT2D eigenvalue weighted by atomic mass is 10.1. The standard InChI is InChI=1S/C24H24N2O6/c1-14-5-6-15(2)20(10-14)25-21(27)13-32-24(30)16-7-8-18-19(11-16)23(29)26(22(18)28)12-17-4-3-9-31-17/h5-8,10-11,17H,3-4,9,12-13H2,1-2H3,(H,25,27). The third kappa shape index (κ3) is 4.40. The quantitative estimate of drug-likeness (QED) is 0.552. The van der Waals surface area contributed by atoms with E-state index in [0.29, 0.717) is 12.3 Å². The fraction of sp³-hybridized carbons (Fsp3) is 0.333. The predicted molar refractivity (Wildman–Crippen MR) is 116 cm³/mol. The summed E-state index contributed by atoms with van der Waals surface area (Å²) >= 11 is 0. The van der Waals surface area contributed by atoms with Crippen LogP contribution in [0, 0.1) is 13.8 Å². The summed E-state index contributed by atoms with van der Waals surface area (Å²) in [7, 11) is 0. The fourth-order valence-electron chi connectivity index (χ4n) is 3.85. The van der Waals surface area contributed by atoms with Crippen molar-refractivity contribution in [3.8, 4) is 0 Å². The number of rotatable bonds is 6. The van der Waals surface area contributed by atoms with E-state index in [-0.39, 0.29) is 29.3 Å². The summed E-state index contributed by atoms with van der Waals surface area (Å²) in [6.45, 7) is 4.13. The number of aryl methyl sites for hydroxylation is 2. The van der Waals surface area contributed by atoms with Gasteiger partial charge in [-0.2, -0.15) is 0 Å². The van der Waals surface area contributed by atoms with E-state index in [1.807, 2.05) is 32.0 Å². The third-order valence-corrected chi connectivity index (χ3v) is 5.62. The van der Waals surface area contributed by atoms with Gasteiger partial charge in [-0.3, -0.25) is 19.3 Å². The Labute approximate surface area is 185 Å². The Balaban J connectivity index is 1.39. The molecule has 1 fully saturated rings. The first kappa shape index (κ1) is 21.7. The first-order valence-electron chi connectivity index (χ1n) is 10.5. The molecule has 2 aromatic carbocycles. The van der Waals surface area contributed by atoms with Crippen molar-refractivity contribution in [2.45, 2.75) is 32.8 Å². The molecule has 166 valence electrons. The van der Waals surface area contributed by atoms with E-state index >= 15 is 0 Å². The zero-order valence-corrected chi connectivity index (χ0v) is 18.0. The van der Waals surface area contributed by atoms with E-state index in [4.69, 9.17) is 9.47 Å². The van der Waals surface area contributed by atoms with Crippen LogP contribution in [0.25, 0.3) is 0 Å². The lowest BCUT2D eigenvalue weighted by molar-refractivity contribution is -0.119. The number of nitrogens with zero attached hydrogens (tertiary/aromatic N) is 1. The molecule has 8 nitrogen and oxygen atoms in total. The number of imide groups is 1. The topological polar surface area (TPSA) is 102 Å². The fourth-order valence-corrected chi connectivity index (χ4v) is 3.85. The number of amides is 3. The summed E-state index contributed by atoms with van der Waals surface area (Å²) in [5, 5.41) is 2.72. The second-order valence-electron chi connectivity index (χ2n) is 8.06. The minimum atomic E-state index is -0.748. The molecule has 8 heteroatoms. The molecule has 0 aliphatic carbocycles. The van der Waals surface area contributed by atoms with Crippen LogP contribution < -0.4 is 5.32 Å². The van der Waals surface area contributed by atoms with Crippen LogP contribution >= 0.6 is 0 Å². The van der Waals surface area contributed by atoms with E-state index in [1.54, 1.807) is 0 Å². The SMILES string of the molecule is Cc1ccc(C)c(NC(=O)COC(=O)c2ccc3c(c2)C(=O)N(CC2CCCO2)C3=O)c1. The van der Waals surface area contributed by atoms with Crippen LogP contribution in [0.3, 0.4) is 0 Å². The van der Waals surface area contributed by atoms with E-state index in [0.717, 1.165) is 28.9 Å². The van der Waals surface area contributed by atoms with Gasteiger partial charge >= 0.3 is 5.97 Å². The average Bonchev–Trinajstić information content (AvgIpc) is 3.37. The summed E-state index contributed by atoms with van der Waals surface area (Å²) in [6.07, 6.45) is 1.55. The monoisotopic (exact) mass is 436 g/mol. The van der Waals surface area contributed by atoms with Crippen LogP contribution in [0.2, 0.25) is 0 Å². The number of hydrogen-bond donors (Lipinski definition) is 1. The molecule has 0 spiro atoms. The zero-order chi connectivity index (χ0) is 22.8. The first-order valence-corrected chi connectivity index (χ1v) is 10.5. The number of nitrogens with one attached hydrogen (secondary N) is 1. The Bertz CT molecular complexity index is 1100. The van der Waals surface area contributed by atoms with Crippen LogP contribution in [0.1, 0.15) is 55.0 Å². The Kier molecular flexibility index (Phi) is 6.05. The highest BCUT2D eigenvalue weighted by molar-refractivity contribution is 6.22. The van der Waals surface area contributed by atoms with Crippen LogP contribution in [0.4, 0.5) is 5.69 Å². The Morgan fingerprint density at radius 3 is 2.62 bits per heavy atom. The molecule has 2 aliphatic rings. The van der Waals surface area contributed by atoms with E-state index < -0.39 is 30.3 Å². The smallest absolute Gasteiger partial charge is 0.338 e. The molecule has 32 heavy (non-hydrogen) atoms. The lowest BCUT2D eigenvalue weighted by Gasteiger charge is -2.17. The summed E-state index contributed by atoms with van der Waals surface area (Å²) in [5.41, 5.74) is 3.04. The van der Waals surface area contributed by atoms with Crippen molar-refractivity contribution >= 4 is 29.4 Å². The van der Waals surface area contributed by atoms with Gasteiger partial charge in [0.05, 0.1) is 29.3 Å². The number of benzene rings is 2. The van der Waals surface area contributed by atoms with Gasteiger partial charge in [-0.05, 0) is 62.1 Å². The number of ether oxygens (including phenoxy) is 2. The van der Waals surface area contributed by atoms with Gasteiger partial charge in [0.2, 0.25) is 0 Å². The normalized spacial score (nSPS) is 17.4. The van der Waals surface area contributed by atoms with Crippen LogP contribution in [0.5, 0.6) is 0 Å². The van der Waals surface area contributed by atoms with Crippen molar-refractivity contribution in [2.75, 3.05) is 25.1 Å². The third-order valence-electron chi connectivity index (χ3n) is 5.62. The molecule has 0 radical (unpaired) electrons. The van der Waals surface area contributed by atoms with Crippen molar-refractivity contribution in [3.05, 3.63) is 64.2 Å². The van der Waals surface area contributed by atoms with Gasteiger partial charge < -0.3 is 14.8 Å². The maximum atomic E-state index is 12.7. The molecule has 2 aliphatic heterocycles. The largest absolute Gasteiger partial charge is 0.452 e. The number of fused-ring (bicyclic) bond motifs is 1. The molecule has 0 saturated carbocycles. The van der Waals surface area contributed by atoms with Crippen LogP contribution in [-0.4, -0.2) is 54.5 Å². The minimum absolute atomic E-state index is 0.100. The summed E-state index contributed by atoms with van der Waals surface area (Å²) in [4.78, 5) is 51.1. The molecule has 4 rings (SSSR count). The van der Waals surface area contributed by atoms with E-state index in [2.05, 4.69) is 5.32 Å². The van der Waals surface area contributed by atoms with Crippen molar-refractivity contribution in [1.29, 1.82) is 0 Å². The zero-order valence-electron chi connectivity index (χ0n) is 18.0. The first-order chi connectivity index (χ1) is 15.3. The van der Waals surface area contributed by atoms with Gasteiger partial charge in [0.15, 0.2) is 6.61 Å². The highest BCUT2D eigenvalue weighted by Gasteiger charge is 2.38. The highest BCUT2D eigenvalue weighted by Crippen LogP contribution is 2.26. The number of carbonyl (C=O) groups is 4. The number of anilines is 1. The van der Waals surface area contributed by atoms with Gasteiger partial charge in [0.25, 0.3) is 17.7 Å². The van der Waals surface area contributed by atoms with Gasteiger partial charge in [-0.25, -0.2) is 4.79 Å². The van der Waals surface area contributed by atoms with Gasteiger partial charge in [-0.15, -0.1) is 0 Å². The molecule has 3 amide bonds. The van der Waals surface area contributed by atoms with Crippen molar-refractivity contribution in [2.24, 2.45) is 0 Å². The van der Waals surface area contributed by atoms with Crippen LogP contribution in [0.15, 0.2) is 36.4 Å². The second-order valence-corrected chi connectivity index (χ2v) is 8.06. The second kappa shape index (κ2) is 8.92. The molecule has 0 aromatic heterocycles. The molecule has 2 heterocycles. The van der Waals surface area contributed by atoms with Gasteiger partial charge in [0, 0.05) is 12.3 Å². The molecule has 1 atom stereocenters. The Morgan fingerprint density at radius 1 is 1.09 bits per heavy atom. The molecule has 1 N–H and O–H groups in total. The van der Waals surface area contributed by atoms with E-state index in [9.17, 15) is 19.2 Å². The maximum Gasteiger partial charge on any atom is 0.338 e. The van der Waals surface area contributed by atoms with Crippen LogP contribution in [-0.2, 0) is 14.3 Å². The molecular formula is C24H24N2O6. The Hall–Kier alpha value is -3.52. The van der Waals surface area contributed by atoms with E-state index in [1.165, 1.54) is 18.2 Å². The maximum absolute atomic E-state index is 12.7. The number of carbonyl (C=O) groups excluding carboxylic acids is 4. The summed E-state index contributed by atoms with van der Waals surface area (Å²) in [6, 6.07) is 9.87. The van der Waals surface area contributed by atoms with Crippen molar-refractivity contribution in [3.63, 3.8) is 0 Å². The predicted octanol–water partition coefficient (Wildman–Crippen LogP) is 2.87.